The lowest BCUT2D eigenvalue weighted by molar-refractivity contribution is 0.0650. The highest BCUT2D eigenvalue weighted by Crippen LogP contribution is 2.21. The number of rotatable bonds is 9. The predicted molar refractivity (Wildman–Crippen MR) is 97.4 cm³/mol. The number of carboxylic acids is 4. The first kappa shape index (κ1) is 20.6. The number of aromatic carboxylic acids is 4. The second-order valence-electron chi connectivity index (χ2n) is 6.11. The first-order valence-corrected chi connectivity index (χ1v) is 8.41. The van der Waals surface area contributed by atoms with Gasteiger partial charge in [-0.3, -0.25) is 0 Å². The lowest BCUT2D eigenvalue weighted by atomic mass is 9.94. The molecular weight excluding hydrogens is 368 g/mol. The molecule has 0 unspecified atom stereocenters. The van der Waals surface area contributed by atoms with E-state index in [1.54, 1.807) is 12.1 Å². The van der Waals surface area contributed by atoms with Crippen LogP contribution >= 0.6 is 0 Å². The van der Waals surface area contributed by atoms with Gasteiger partial charge in [0.15, 0.2) is 0 Å². The van der Waals surface area contributed by atoms with E-state index >= 15 is 0 Å². The van der Waals surface area contributed by atoms with Gasteiger partial charge in [0.25, 0.3) is 0 Å². The Morgan fingerprint density at radius 2 is 0.929 bits per heavy atom. The molecule has 0 atom stereocenters. The van der Waals surface area contributed by atoms with Crippen molar-refractivity contribution in [2.45, 2.75) is 25.7 Å². The molecular formula is C20H18O8. The molecule has 0 fully saturated rings. The number of carboxylic acid groups (broad SMARTS) is 4. The zero-order valence-corrected chi connectivity index (χ0v) is 14.7. The van der Waals surface area contributed by atoms with Gasteiger partial charge in [0.2, 0.25) is 0 Å². The Morgan fingerprint density at radius 3 is 1.21 bits per heavy atom. The Morgan fingerprint density at radius 1 is 0.571 bits per heavy atom. The molecule has 0 aliphatic heterocycles. The maximum absolute atomic E-state index is 11.4. The Balaban J connectivity index is 2.15. The Kier molecular flexibility index (Phi) is 6.49. The summed E-state index contributed by atoms with van der Waals surface area (Å²) in [5, 5.41) is 36.9. The van der Waals surface area contributed by atoms with Crippen LogP contribution in [0.1, 0.15) is 65.4 Å². The minimum absolute atomic E-state index is 0.255. The molecule has 0 bridgehead atoms. The lowest BCUT2D eigenvalue weighted by Gasteiger charge is -2.11. The molecule has 2 aromatic carbocycles. The summed E-state index contributed by atoms with van der Waals surface area (Å²) < 4.78 is 0. The van der Waals surface area contributed by atoms with Gasteiger partial charge >= 0.3 is 23.9 Å². The van der Waals surface area contributed by atoms with E-state index in [2.05, 4.69) is 0 Å². The van der Waals surface area contributed by atoms with Crippen molar-refractivity contribution >= 4 is 23.9 Å². The highest BCUT2D eigenvalue weighted by atomic mass is 16.4. The summed E-state index contributed by atoms with van der Waals surface area (Å²) in [6.45, 7) is 0. The van der Waals surface area contributed by atoms with Crippen LogP contribution in [0.5, 0.6) is 0 Å². The van der Waals surface area contributed by atoms with E-state index < -0.39 is 23.9 Å². The molecule has 146 valence electrons. The fourth-order valence-corrected chi connectivity index (χ4v) is 3.11. The maximum Gasteiger partial charge on any atom is 0.336 e. The van der Waals surface area contributed by atoms with E-state index in [-0.39, 0.29) is 22.3 Å². The van der Waals surface area contributed by atoms with Crippen LogP contribution in [-0.4, -0.2) is 44.3 Å². The van der Waals surface area contributed by atoms with E-state index in [0.717, 1.165) is 0 Å². The second kappa shape index (κ2) is 8.81. The lowest BCUT2D eigenvalue weighted by Crippen LogP contribution is -2.12. The van der Waals surface area contributed by atoms with Crippen molar-refractivity contribution < 1.29 is 39.6 Å². The fraction of sp³-hybridized carbons (Fsp3) is 0.200. The number of hydrogen-bond donors (Lipinski definition) is 4. The molecule has 0 aliphatic carbocycles. The number of benzene rings is 2. The maximum atomic E-state index is 11.4. The molecule has 0 heterocycles. The van der Waals surface area contributed by atoms with Crippen LogP contribution in [0.2, 0.25) is 0 Å². The molecule has 2 rings (SSSR count). The molecule has 0 saturated heterocycles. The molecule has 8 heteroatoms. The predicted octanol–water partition coefficient (Wildman–Crippen LogP) is 3.04. The summed E-state index contributed by atoms with van der Waals surface area (Å²) in [4.78, 5) is 45.3. The normalized spacial score (nSPS) is 10.4. The minimum Gasteiger partial charge on any atom is -0.478 e. The quantitative estimate of drug-likeness (QED) is 0.480. The molecule has 0 aliphatic rings. The van der Waals surface area contributed by atoms with Crippen LogP contribution in [0, 0.1) is 0 Å². The molecule has 28 heavy (non-hydrogen) atoms. The van der Waals surface area contributed by atoms with Crippen LogP contribution in [0.4, 0.5) is 0 Å². The van der Waals surface area contributed by atoms with Crippen molar-refractivity contribution in [3.8, 4) is 0 Å². The first-order valence-electron chi connectivity index (χ1n) is 8.41. The summed E-state index contributed by atoms with van der Waals surface area (Å²) in [5.74, 6) is -5.29. The average molecular weight is 386 g/mol. The Hall–Kier alpha value is -3.68. The van der Waals surface area contributed by atoms with Crippen molar-refractivity contribution in [3.63, 3.8) is 0 Å². The van der Waals surface area contributed by atoms with Gasteiger partial charge in [-0.15, -0.1) is 0 Å². The van der Waals surface area contributed by atoms with Gasteiger partial charge in [0.1, 0.15) is 0 Å². The van der Waals surface area contributed by atoms with E-state index in [1.165, 1.54) is 24.3 Å². The smallest absolute Gasteiger partial charge is 0.336 e. The van der Waals surface area contributed by atoms with E-state index in [0.29, 0.717) is 36.8 Å². The zero-order chi connectivity index (χ0) is 20.8. The third-order valence-corrected chi connectivity index (χ3v) is 4.33. The van der Waals surface area contributed by atoms with Crippen LogP contribution in [0.15, 0.2) is 36.4 Å². The van der Waals surface area contributed by atoms with E-state index in [9.17, 15) is 29.4 Å². The number of carbonyl (C=O) groups is 4. The van der Waals surface area contributed by atoms with E-state index in [4.69, 9.17) is 10.2 Å². The highest BCUT2D eigenvalue weighted by molar-refractivity contribution is 6.03. The molecule has 0 aromatic heterocycles. The second-order valence-corrected chi connectivity index (χ2v) is 6.11. The topological polar surface area (TPSA) is 149 Å². The summed E-state index contributed by atoms with van der Waals surface area (Å²) in [6.07, 6.45) is 1.53. The summed E-state index contributed by atoms with van der Waals surface area (Å²) in [5.41, 5.74) is -0.321. The van der Waals surface area contributed by atoms with Crippen LogP contribution in [0.25, 0.3) is 0 Å². The molecule has 4 N–H and O–H groups in total. The average Bonchev–Trinajstić information content (AvgIpc) is 2.64. The Bertz CT molecular complexity index is 868. The molecule has 0 radical (unpaired) electrons. The summed E-state index contributed by atoms with van der Waals surface area (Å²) in [6, 6.07) is 8.50. The van der Waals surface area contributed by atoms with Crippen LogP contribution < -0.4 is 0 Å². The van der Waals surface area contributed by atoms with Crippen molar-refractivity contribution in [2.75, 3.05) is 0 Å². The highest BCUT2D eigenvalue weighted by Gasteiger charge is 2.21. The van der Waals surface area contributed by atoms with Crippen molar-refractivity contribution in [1.29, 1.82) is 0 Å². The number of unbranched alkanes of at least 4 members (excludes halogenated alkanes) is 1. The number of aryl methyl sites for hydroxylation is 2. The largest absolute Gasteiger partial charge is 0.478 e. The van der Waals surface area contributed by atoms with Crippen LogP contribution in [-0.2, 0) is 12.8 Å². The molecule has 0 spiro atoms. The minimum atomic E-state index is -1.32. The van der Waals surface area contributed by atoms with Gasteiger partial charge in [-0.25, -0.2) is 19.2 Å². The van der Waals surface area contributed by atoms with E-state index in [1.807, 2.05) is 0 Å². The third kappa shape index (κ3) is 4.53. The van der Waals surface area contributed by atoms with Crippen molar-refractivity contribution in [3.05, 3.63) is 69.8 Å². The summed E-state index contributed by atoms with van der Waals surface area (Å²) in [7, 11) is 0. The fourth-order valence-electron chi connectivity index (χ4n) is 3.11. The van der Waals surface area contributed by atoms with Crippen LogP contribution in [0.3, 0.4) is 0 Å². The molecule has 2 aromatic rings. The third-order valence-electron chi connectivity index (χ3n) is 4.33. The van der Waals surface area contributed by atoms with Crippen molar-refractivity contribution in [1.82, 2.24) is 0 Å². The molecule has 0 saturated carbocycles. The SMILES string of the molecule is O=C(O)c1cccc(CCCCc2cccc(C(=O)O)c2C(=O)O)c1C(=O)O. The summed E-state index contributed by atoms with van der Waals surface area (Å²) >= 11 is 0. The van der Waals surface area contributed by atoms with Gasteiger partial charge in [0.05, 0.1) is 22.3 Å². The van der Waals surface area contributed by atoms with Crippen molar-refractivity contribution in [2.24, 2.45) is 0 Å². The van der Waals surface area contributed by atoms with Gasteiger partial charge < -0.3 is 20.4 Å². The molecule has 0 amide bonds. The zero-order valence-electron chi connectivity index (χ0n) is 14.7. The van der Waals surface area contributed by atoms with Gasteiger partial charge in [0, 0.05) is 0 Å². The number of hydrogen-bond acceptors (Lipinski definition) is 4. The van der Waals surface area contributed by atoms with Gasteiger partial charge in [-0.2, -0.15) is 0 Å². The first-order chi connectivity index (χ1) is 13.2. The standard InChI is InChI=1S/C20H18O8/c21-17(22)13-9-3-7-11(15(13)19(25)26)5-1-2-6-12-8-4-10-14(18(23)24)16(12)20(27)28/h3-4,7-10H,1-2,5-6H2,(H,21,22)(H,23,24)(H,25,26)(H,27,28). The molecule has 8 nitrogen and oxygen atoms in total. The van der Waals surface area contributed by atoms with Gasteiger partial charge in [-0.05, 0) is 48.9 Å². The Labute approximate surface area is 159 Å². The monoisotopic (exact) mass is 386 g/mol. The van der Waals surface area contributed by atoms with Gasteiger partial charge in [-0.1, -0.05) is 24.3 Å².